The van der Waals surface area contributed by atoms with E-state index >= 15 is 0 Å². The van der Waals surface area contributed by atoms with E-state index in [9.17, 15) is 4.39 Å². The van der Waals surface area contributed by atoms with Crippen molar-refractivity contribution >= 4 is 11.0 Å². The molecule has 102 valence electrons. The molecule has 3 rings (SSSR count). The Hall–Kier alpha value is -2.17. The SMILES string of the molecule is NNC(Cc1ccccc1)c1cc2cccc(F)c2o1. The van der Waals surface area contributed by atoms with Crippen molar-refractivity contribution in [2.75, 3.05) is 0 Å². The van der Waals surface area contributed by atoms with Gasteiger partial charge in [-0.2, -0.15) is 0 Å². The van der Waals surface area contributed by atoms with Gasteiger partial charge in [0.1, 0.15) is 5.76 Å². The quantitative estimate of drug-likeness (QED) is 0.565. The summed E-state index contributed by atoms with van der Waals surface area (Å²) < 4.78 is 19.3. The molecule has 3 N–H and O–H groups in total. The van der Waals surface area contributed by atoms with Crippen LogP contribution in [0.25, 0.3) is 11.0 Å². The Balaban J connectivity index is 1.93. The molecule has 0 radical (unpaired) electrons. The molecule has 0 aliphatic rings. The first-order chi connectivity index (χ1) is 9.78. The molecule has 1 aromatic heterocycles. The number of nitrogens with one attached hydrogen (secondary N) is 1. The molecule has 4 heteroatoms. The molecule has 0 saturated carbocycles. The summed E-state index contributed by atoms with van der Waals surface area (Å²) in [5, 5.41) is 0.744. The number of hydrogen-bond donors (Lipinski definition) is 2. The Morgan fingerprint density at radius 1 is 1.10 bits per heavy atom. The number of para-hydroxylation sites is 1. The van der Waals surface area contributed by atoms with E-state index in [0.29, 0.717) is 12.2 Å². The Kier molecular flexibility index (Phi) is 3.50. The zero-order valence-electron chi connectivity index (χ0n) is 10.8. The van der Waals surface area contributed by atoms with Crippen LogP contribution in [0.15, 0.2) is 59.0 Å². The second-order valence-corrected chi connectivity index (χ2v) is 4.72. The van der Waals surface area contributed by atoms with Gasteiger partial charge in [0.15, 0.2) is 11.4 Å². The molecule has 1 heterocycles. The van der Waals surface area contributed by atoms with Crippen LogP contribution < -0.4 is 11.3 Å². The Morgan fingerprint density at radius 2 is 1.90 bits per heavy atom. The number of benzene rings is 2. The average Bonchev–Trinajstić information content (AvgIpc) is 2.91. The minimum Gasteiger partial charge on any atom is -0.456 e. The lowest BCUT2D eigenvalue weighted by Gasteiger charge is -2.13. The zero-order valence-corrected chi connectivity index (χ0v) is 10.8. The Morgan fingerprint density at radius 3 is 2.60 bits per heavy atom. The van der Waals surface area contributed by atoms with E-state index in [2.05, 4.69) is 5.43 Å². The van der Waals surface area contributed by atoms with Gasteiger partial charge in [-0.1, -0.05) is 42.5 Å². The third-order valence-electron chi connectivity index (χ3n) is 3.34. The van der Waals surface area contributed by atoms with Crippen molar-refractivity contribution in [3.05, 3.63) is 71.7 Å². The lowest BCUT2D eigenvalue weighted by Crippen LogP contribution is -2.29. The normalized spacial score (nSPS) is 12.7. The highest BCUT2D eigenvalue weighted by molar-refractivity contribution is 5.78. The number of furan rings is 1. The van der Waals surface area contributed by atoms with Crippen molar-refractivity contribution in [3.8, 4) is 0 Å². The molecule has 1 unspecified atom stereocenters. The van der Waals surface area contributed by atoms with Gasteiger partial charge in [-0.25, -0.2) is 9.82 Å². The Labute approximate surface area is 116 Å². The highest BCUT2D eigenvalue weighted by Gasteiger charge is 2.17. The molecule has 0 aliphatic carbocycles. The monoisotopic (exact) mass is 270 g/mol. The number of fused-ring (bicyclic) bond motifs is 1. The maximum absolute atomic E-state index is 13.6. The molecule has 0 fully saturated rings. The van der Waals surface area contributed by atoms with Crippen molar-refractivity contribution < 1.29 is 8.81 Å². The third kappa shape index (κ3) is 2.43. The van der Waals surface area contributed by atoms with Crippen molar-refractivity contribution in [1.29, 1.82) is 0 Å². The lowest BCUT2D eigenvalue weighted by molar-refractivity contribution is 0.427. The van der Waals surface area contributed by atoms with Crippen LogP contribution in [0.1, 0.15) is 17.4 Å². The molecule has 1 atom stereocenters. The lowest BCUT2D eigenvalue weighted by atomic mass is 10.0. The van der Waals surface area contributed by atoms with Gasteiger partial charge in [0.25, 0.3) is 0 Å². The minimum absolute atomic E-state index is 0.191. The van der Waals surface area contributed by atoms with E-state index in [1.807, 2.05) is 42.5 Å². The van der Waals surface area contributed by atoms with Crippen LogP contribution in [0.2, 0.25) is 0 Å². The van der Waals surface area contributed by atoms with Gasteiger partial charge < -0.3 is 4.42 Å². The molecule has 2 aromatic carbocycles. The van der Waals surface area contributed by atoms with Crippen LogP contribution in [-0.2, 0) is 6.42 Å². The predicted octanol–water partition coefficient (Wildman–Crippen LogP) is 3.32. The van der Waals surface area contributed by atoms with E-state index in [-0.39, 0.29) is 17.4 Å². The molecule has 0 bridgehead atoms. The smallest absolute Gasteiger partial charge is 0.169 e. The fourth-order valence-electron chi connectivity index (χ4n) is 2.31. The van der Waals surface area contributed by atoms with Gasteiger partial charge >= 0.3 is 0 Å². The molecule has 3 nitrogen and oxygen atoms in total. The Bertz CT molecular complexity index is 709. The van der Waals surface area contributed by atoms with Crippen molar-refractivity contribution in [2.24, 2.45) is 5.84 Å². The van der Waals surface area contributed by atoms with Crippen LogP contribution in [-0.4, -0.2) is 0 Å². The topological polar surface area (TPSA) is 51.2 Å². The first-order valence-corrected chi connectivity index (χ1v) is 6.46. The molecule has 0 aliphatic heterocycles. The molecule has 0 saturated heterocycles. The predicted molar refractivity (Wildman–Crippen MR) is 76.4 cm³/mol. The first-order valence-electron chi connectivity index (χ1n) is 6.46. The second kappa shape index (κ2) is 5.45. The van der Waals surface area contributed by atoms with Gasteiger partial charge in [-0.05, 0) is 24.1 Å². The molecular weight excluding hydrogens is 255 g/mol. The number of rotatable bonds is 4. The summed E-state index contributed by atoms with van der Waals surface area (Å²) in [7, 11) is 0. The van der Waals surface area contributed by atoms with E-state index in [1.165, 1.54) is 6.07 Å². The first kappa shape index (κ1) is 12.8. The van der Waals surface area contributed by atoms with Gasteiger partial charge in [-0.15, -0.1) is 0 Å². The highest BCUT2D eigenvalue weighted by atomic mass is 19.1. The third-order valence-corrected chi connectivity index (χ3v) is 3.34. The van der Waals surface area contributed by atoms with E-state index in [0.717, 1.165) is 10.9 Å². The summed E-state index contributed by atoms with van der Waals surface area (Å²) in [5.74, 6) is 5.89. The standard InChI is InChI=1S/C16H15FN2O/c17-13-8-4-7-12-10-15(20-16(12)13)14(19-18)9-11-5-2-1-3-6-11/h1-8,10,14,19H,9,18H2. The summed E-state index contributed by atoms with van der Waals surface area (Å²) >= 11 is 0. The molecule has 0 spiro atoms. The molecule has 20 heavy (non-hydrogen) atoms. The summed E-state index contributed by atoms with van der Waals surface area (Å²) in [5.41, 5.74) is 4.14. The number of hydrazine groups is 1. The second-order valence-electron chi connectivity index (χ2n) is 4.72. The van der Waals surface area contributed by atoms with Gasteiger partial charge in [0.2, 0.25) is 0 Å². The largest absolute Gasteiger partial charge is 0.456 e. The van der Waals surface area contributed by atoms with E-state index < -0.39 is 0 Å². The molecule has 0 amide bonds. The van der Waals surface area contributed by atoms with Crippen LogP contribution in [0.5, 0.6) is 0 Å². The van der Waals surface area contributed by atoms with E-state index in [4.69, 9.17) is 10.3 Å². The van der Waals surface area contributed by atoms with Gasteiger partial charge in [0.05, 0.1) is 6.04 Å². The van der Waals surface area contributed by atoms with Crippen LogP contribution in [0.4, 0.5) is 4.39 Å². The van der Waals surface area contributed by atoms with Crippen molar-refractivity contribution in [3.63, 3.8) is 0 Å². The van der Waals surface area contributed by atoms with Gasteiger partial charge in [0, 0.05) is 5.39 Å². The summed E-state index contributed by atoms with van der Waals surface area (Å²) in [6, 6.07) is 16.5. The summed E-state index contributed by atoms with van der Waals surface area (Å²) in [6.07, 6.45) is 0.679. The maximum atomic E-state index is 13.6. The number of halogens is 1. The van der Waals surface area contributed by atoms with Crippen LogP contribution in [0, 0.1) is 5.82 Å². The van der Waals surface area contributed by atoms with Crippen molar-refractivity contribution in [1.82, 2.24) is 5.43 Å². The molecular formula is C16H15FN2O. The summed E-state index contributed by atoms with van der Waals surface area (Å²) in [4.78, 5) is 0. The van der Waals surface area contributed by atoms with Gasteiger partial charge in [-0.3, -0.25) is 5.84 Å². The maximum Gasteiger partial charge on any atom is 0.169 e. The van der Waals surface area contributed by atoms with Crippen molar-refractivity contribution in [2.45, 2.75) is 12.5 Å². The average molecular weight is 270 g/mol. The highest BCUT2D eigenvalue weighted by Crippen LogP contribution is 2.27. The van der Waals surface area contributed by atoms with E-state index in [1.54, 1.807) is 6.07 Å². The zero-order chi connectivity index (χ0) is 13.9. The number of nitrogens with two attached hydrogens (primary N) is 1. The fourth-order valence-corrected chi connectivity index (χ4v) is 2.31. The minimum atomic E-state index is -0.357. The fraction of sp³-hybridized carbons (Fsp3) is 0.125. The van der Waals surface area contributed by atoms with Crippen LogP contribution >= 0.6 is 0 Å². The molecule has 3 aromatic rings. The van der Waals surface area contributed by atoms with Crippen LogP contribution in [0.3, 0.4) is 0 Å². The number of hydrogen-bond acceptors (Lipinski definition) is 3. The summed E-state index contributed by atoms with van der Waals surface area (Å²) in [6.45, 7) is 0.